The maximum atomic E-state index is 12.4. The summed E-state index contributed by atoms with van der Waals surface area (Å²) in [4.78, 5) is 0. The first kappa shape index (κ1) is 10.8. The third-order valence-corrected chi connectivity index (χ3v) is 2.79. The van der Waals surface area contributed by atoms with Gasteiger partial charge in [-0.25, -0.2) is 0 Å². The van der Waals surface area contributed by atoms with Gasteiger partial charge in [-0.3, -0.25) is 5.10 Å². The fraction of sp³-hybridized carbons (Fsp3) is 0.125. The number of aromatic amines is 1. The van der Waals surface area contributed by atoms with Crippen LogP contribution in [0.2, 0.25) is 5.15 Å². The van der Waals surface area contributed by atoms with E-state index in [-0.39, 0.29) is 15.0 Å². The largest absolute Gasteiger partial charge is 0.416 e. The zero-order chi connectivity index (χ0) is 11.2. The van der Waals surface area contributed by atoms with Crippen molar-refractivity contribution in [2.75, 3.05) is 0 Å². The zero-order valence-electron chi connectivity index (χ0n) is 6.99. The van der Waals surface area contributed by atoms with Crippen LogP contribution < -0.4 is 0 Å². The molecule has 0 bridgehead atoms. The maximum Gasteiger partial charge on any atom is 0.416 e. The first-order valence-corrected chi connectivity index (χ1v) is 4.97. The summed E-state index contributed by atoms with van der Waals surface area (Å²) in [7, 11) is 0. The maximum absolute atomic E-state index is 12.4. The number of aromatic nitrogens is 2. The molecule has 2 aromatic rings. The number of rotatable bonds is 0. The number of nitrogens with one attached hydrogen (secondary N) is 1. The SMILES string of the molecule is FC(F)(F)c1cc(Br)c2n[nH]c(Cl)c2c1. The Hall–Kier alpha value is -0.750. The van der Waals surface area contributed by atoms with Gasteiger partial charge in [-0.2, -0.15) is 18.3 Å². The van der Waals surface area contributed by atoms with E-state index in [2.05, 4.69) is 26.1 Å². The molecule has 1 aromatic carbocycles. The Morgan fingerprint density at radius 3 is 2.60 bits per heavy atom. The quantitative estimate of drug-likeness (QED) is 0.782. The van der Waals surface area contributed by atoms with E-state index in [9.17, 15) is 13.2 Å². The number of H-pyrrole nitrogens is 1. The van der Waals surface area contributed by atoms with E-state index >= 15 is 0 Å². The molecular formula is C8H3BrClF3N2. The second kappa shape index (κ2) is 3.38. The normalized spacial score (nSPS) is 12.3. The van der Waals surface area contributed by atoms with Crippen molar-refractivity contribution in [3.8, 4) is 0 Å². The summed E-state index contributed by atoms with van der Waals surface area (Å²) in [5, 5.41) is 6.53. The predicted molar refractivity (Wildman–Crippen MR) is 53.8 cm³/mol. The molecule has 0 saturated heterocycles. The molecule has 0 aliphatic heterocycles. The first-order chi connectivity index (χ1) is 6.89. The molecule has 1 heterocycles. The lowest BCUT2D eigenvalue weighted by Crippen LogP contribution is -2.04. The molecule has 0 saturated carbocycles. The molecule has 80 valence electrons. The van der Waals surface area contributed by atoms with Gasteiger partial charge in [0, 0.05) is 9.86 Å². The fourth-order valence-corrected chi connectivity index (χ4v) is 1.94. The Kier molecular flexibility index (Phi) is 2.42. The van der Waals surface area contributed by atoms with Crippen molar-refractivity contribution in [2.24, 2.45) is 0 Å². The van der Waals surface area contributed by atoms with Gasteiger partial charge >= 0.3 is 6.18 Å². The van der Waals surface area contributed by atoms with Crippen LogP contribution in [-0.2, 0) is 6.18 Å². The zero-order valence-corrected chi connectivity index (χ0v) is 9.33. The number of halogens is 5. The van der Waals surface area contributed by atoms with Crippen LogP contribution >= 0.6 is 27.5 Å². The topological polar surface area (TPSA) is 28.7 Å². The molecule has 1 aromatic heterocycles. The van der Waals surface area contributed by atoms with Crippen molar-refractivity contribution in [1.82, 2.24) is 10.2 Å². The summed E-state index contributed by atoms with van der Waals surface area (Å²) in [5.41, 5.74) is -0.377. The van der Waals surface area contributed by atoms with Crippen LogP contribution in [0.5, 0.6) is 0 Å². The van der Waals surface area contributed by atoms with E-state index in [1.54, 1.807) is 0 Å². The van der Waals surface area contributed by atoms with Crippen LogP contribution in [0.3, 0.4) is 0 Å². The summed E-state index contributed by atoms with van der Waals surface area (Å²) < 4.78 is 37.6. The third-order valence-electron chi connectivity index (χ3n) is 1.89. The highest BCUT2D eigenvalue weighted by molar-refractivity contribution is 9.10. The summed E-state index contributed by atoms with van der Waals surface area (Å²) in [6.45, 7) is 0. The molecule has 1 N–H and O–H groups in total. The van der Waals surface area contributed by atoms with Crippen molar-refractivity contribution in [1.29, 1.82) is 0 Å². The molecule has 15 heavy (non-hydrogen) atoms. The van der Waals surface area contributed by atoms with Crippen molar-refractivity contribution >= 4 is 38.4 Å². The van der Waals surface area contributed by atoms with Crippen molar-refractivity contribution < 1.29 is 13.2 Å². The minimum absolute atomic E-state index is 0.0943. The lowest BCUT2D eigenvalue weighted by molar-refractivity contribution is -0.137. The van der Waals surface area contributed by atoms with Crippen LogP contribution in [0, 0.1) is 0 Å². The molecule has 0 aliphatic carbocycles. The minimum Gasteiger partial charge on any atom is -0.266 e. The molecule has 0 spiro atoms. The Morgan fingerprint density at radius 1 is 1.33 bits per heavy atom. The second-order valence-corrected chi connectivity index (χ2v) is 4.12. The molecule has 2 nitrogen and oxygen atoms in total. The number of hydrogen-bond donors (Lipinski definition) is 1. The van der Waals surface area contributed by atoms with Crippen LogP contribution in [-0.4, -0.2) is 10.2 Å². The number of nitrogens with zero attached hydrogens (tertiary/aromatic N) is 1. The molecular weight excluding hydrogens is 296 g/mol. The number of hydrogen-bond acceptors (Lipinski definition) is 1. The highest BCUT2D eigenvalue weighted by Crippen LogP contribution is 2.36. The predicted octanol–water partition coefficient (Wildman–Crippen LogP) is 4.00. The fourth-order valence-electron chi connectivity index (χ4n) is 1.21. The van der Waals surface area contributed by atoms with E-state index in [1.165, 1.54) is 0 Å². The highest BCUT2D eigenvalue weighted by Gasteiger charge is 2.31. The smallest absolute Gasteiger partial charge is 0.266 e. The van der Waals surface area contributed by atoms with Crippen LogP contribution in [0.15, 0.2) is 16.6 Å². The minimum atomic E-state index is -4.39. The molecule has 0 radical (unpaired) electrons. The summed E-state index contributed by atoms with van der Waals surface area (Å²) in [5.74, 6) is 0. The van der Waals surface area contributed by atoms with Gasteiger partial charge < -0.3 is 0 Å². The van der Waals surface area contributed by atoms with Gasteiger partial charge in [0.15, 0.2) is 0 Å². The number of benzene rings is 1. The molecule has 0 unspecified atom stereocenters. The average molecular weight is 299 g/mol. The molecule has 2 rings (SSSR count). The summed E-state index contributed by atoms with van der Waals surface area (Å²) in [6, 6.07) is 1.94. The van der Waals surface area contributed by atoms with E-state index in [0.717, 1.165) is 12.1 Å². The first-order valence-electron chi connectivity index (χ1n) is 3.80. The second-order valence-electron chi connectivity index (χ2n) is 2.89. The molecule has 0 aliphatic rings. The monoisotopic (exact) mass is 298 g/mol. The van der Waals surface area contributed by atoms with Gasteiger partial charge in [-0.15, -0.1) is 0 Å². The number of fused-ring (bicyclic) bond motifs is 1. The van der Waals surface area contributed by atoms with Gasteiger partial charge in [0.1, 0.15) is 10.7 Å². The van der Waals surface area contributed by atoms with Crippen LogP contribution in [0.25, 0.3) is 10.9 Å². The Morgan fingerprint density at radius 2 is 2.00 bits per heavy atom. The van der Waals surface area contributed by atoms with E-state index in [0.29, 0.717) is 5.52 Å². The van der Waals surface area contributed by atoms with Gasteiger partial charge in [0.25, 0.3) is 0 Å². The lowest BCUT2D eigenvalue weighted by atomic mass is 10.1. The van der Waals surface area contributed by atoms with Crippen molar-refractivity contribution in [3.63, 3.8) is 0 Å². The third kappa shape index (κ3) is 1.83. The summed E-state index contributed by atoms with van der Waals surface area (Å²) >= 11 is 8.67. The molecule has 0 atom stereocenters. The van der Waals surface area contributed by atoms with E-state index < -0.39 is 11.7 Å². The lowest BCUT2D eigenvalue weighted by Gasteiger charge is -2.06. The molecule has 0 amide bonds. The standard InChI is InChI=1S/C8H3BrClF3N2/c9-5-2-3(8(11,12)13)1-4-6(5)14-15-7(4)10/h1-2H,(H,14,15). The summed E-state index contributed by atoms with van der Waals surface area (Å²) in [6.07, 6.45) is -4.39. The van der Waals surface area contributed by atoms with Crippen LogP contribution in [0.4, 0.5) is 13.2 Å². The Balaban J connectivity index is 2.76. The van der Waals surface area contributed by atoms with Crippen molar-refractivity contribution in [2.45, 2.75) is 6.18 Å². The van der Waals surface area contributed by atoms with E-state index in [1.807, 2.05) is 0 Å². The average Bonchev–Trinajstić information content (AvgIpc) is 2.47. The van der Waals surface area contributed by atoms with Gasteiger partial charge in [0.2, 0.25) is 0 Å². The molecule has 0 fully saturated rings. The van der Waals surface area contributed by atoms with Gasteiger partial charge in [-0.1, -0.05) is 11.6 Å². The Labute approximate surface area is 95.5 Å². The van der Waals surface area contributed by atoms with Crippen LogP contribution in [0.1, 0.15) is 5.56 Å². The van der Waals surface area contributed by atoms with Gasteiger partial charge in [-0.05, 0) is 28.1 Å². The number of alkyl halides is 3. The van der Waals surface area contributed by atoms with Gasteiger partial charge in [0.05, 0.1) is 5.56 Å². The molecule has 7 heteroatoms. The highest BCUT2D eigenvalue weighted by atomic mass is 79.9. The van der Waals surface area contributed by atoms with E-state index in [4.69, 9.17) is 11.6 Å². The van der Waals surface area contributed by atoms with Crippen molar-refractivity contribution in [3.05, 3.63) is 27.3 Å². The Bertz CT molecular complexity index is 520.